The number of carbonyl (C=O) groups is 1. The molecule has 98 valence electrons. The fourth-order valence-corrected chi connectivity index (χ4v) is 1.52. The molecule has 0 spiro atoms. The molecular weight excluding hydrogens is 238 g/mol. The molecule has 7 nitrogen and oxygen atoms in total. The van der Waals surface area contributed by atoms with Gasteiger partial charge >= 0.3 is 5.97 Å². The molecule has 7 heteroatoms. The van der Waals surface area contributed by atoms with Gasteiger partial charge in [0.2, 0.25) is 0 Å². The van der Waals surface area contributed by atoms with Crippen LogP contribution >= 0.6 is 0 Å². The van der Waals surface area contributed by atoms with Crippen molar-refractivity contribution in [2.24, 2.45) is 0 Å². The summed E-state index contributed by atoms with van der Waals surface area (Å²) in [5, 5.41) is 19.2. The van der Waals surface area contributed by atoms with Gasteiger partial charge in [0.25, 0.3) is 5.69 Å². The second-order valence-corrected chi connectivity index (χ2v) is 4.00. The summed E-state index contributed by atoms with van der Waals surface area (Å²) in [5.74, 6) is -0.236. The van der Waals surface area contributed by atoms with Crippen molar-refractivity contribution in [3.63, 3.8) is 0 Å². The first-order valence-corrected chi connectivity index (χ1v) is 5.45. The van der Waals surface area contributed by atoms with Crippen molar-refractivity contribution >= 4 is 17.5 Å². The van der Waals surface area contributed by atoms with E-state index < -0.39 is 10.9 Å². The van der Waals surface area contributed by atoms with Crippen LogP contribution in [0.4, 0.5) is 11.5 Å². The molecule has 0 aromatic carbocycles. The number of carboxylic acids is 1. The number of pyridine rings is 1. The molecule has 1 aromatic rings. The quantitative estimate of drug-likeness (QED) is 0.611. The number of hydrogen-bond donors (Lipinski definition) is 1. The van der Waals surface area contributed by atoms with Gasteiger partial charge in [0, 0.05) is 25.6 Å². The van der Waals surface area contributed by atoms with Crippen LogP contribution in [0.1, 0.15) is 18.4 Å². The van der Waals surface area contributed by atoms with Crippen LogP contribution in [0.5, 0.6) is 0 Å². The summed E-state index contributed by atoms with van der Waals surface area (Å²) in [4.78, 5) is 26.3. The van der Waals surface area contributed by atoms with Crippen LogP contribution in [0.2, 0.25) is 0 Å². The molecule has 0 radical (unpaired) electrons. The molecule has 0 atom stereocenters. The second-order valence-electron chi connectivity index (χ2n) is 4.00. The zero-order valence-corrected chi connectivity index (χ0v) is 10.3. The van der Waals surface area contributed by atoms with Crippen molar-refractivity contribution in [1.82, 2.24) is 4.98 Å². The number of anilines is 1. The van der Waals surface area contributed by atoms with Gasteiger partial charge in [0.05, 0.1) is 4.92 Å². The standard InChI is InChI=1S/C11H15N3O4/c1-8-6-10(12-7-9(8)14(17)18)13(2)5-3-4-11(15)16/h6-7H,3-5H2,1-2H3,(H,15,16). The van der Waals surface area contributed by atoms with Crippen molar-refractivity contribution < 1.29 is 14.8 Å². The maximum absolute atomic E-state index is 10.6. The highest BCUT2D eigenvalue weighted by molar-refractivity contribution is 5.66. The predicted molar refractivity (Wildman–Crippen MR) is 65.8 cm³/mol. The molecule has 0 fully saturated rings. The second kappa shape index (κ2) is 5.95. The van der Waals surface area contributed by atoms with Gasteiger partial charge in [-0.2, -0.15) is 0 Å². The third-order valence-corrected chi connectivity index (χ3v) is 2.54. The third kappa shape index (κ3) is 3.69. The molecule has 1 rings (SSSR count). The van der Waals surface area contributed by atoms with E-state index in [1.807, 2.05) is 0 Å². The molecule has 0 saturated carbocycles. The van der Waals surface area contributed by atoms with Crippen LogP contribution in [0.3, 0.4) is 0 Å². The monoisotopic (exact) mass is 253 g/mol. The van der Waals surface area contributed by atoms with Gasteiger partial charge in [0.15, 0.2) is 0 Å². The Bertz CT molecular complexity index is 462. The van der Waals surface area contributed by atoms with Crippen LogP contribution in [-0.2, 0) is 4.79 Å². The summed E-state index contributed by atoms with van der Waals surface area (Å²) < 4.78 is 0. The lowest BCUT2D eigenvalue weighted by atomic mass is 10.2. The minimum Gasteiger partial charge on any atom is -0.481 e. The summed E-state index contributed by atoms with van der Waals surface area (Å²) in [6, 6.07) is 1.62. The number of nitro groups is 1. The Hall–Kier alpha value is -2.18. The molecular formula is C11H15N3O4. The minimum atomic E-state index is -0.837. The predicted octanol–water partition coefficient (Wildman–Crippen LogP) is 1.60. The first-order valence-electron chi connectivity index (χ1n) is 5.45. The first-order chi connectivity index (χ1) is 8.41. The maximum Gasteiger partial charge on any atom is 0.303 e. The van der Waals surface area contributed by atoms with E-state index in [9.17, 15) is 14.9 Å². The Morgan fingerprint density at radius 1 is 1.61 bits per heavy atom. The summed E-state index contributed by atoms with van der Waals surface area (Å²) in [6.45, 7) is 2.19. The van der Waals surface area contributed by atoms with E-state index in [1.54, 1.807) is 24.9 Å². The summed E-state index contributed by atoms with van der Waals surface area (Å²) >= 11 is 0. The normalized spacial score (nSPS) is 10.1. The van der Waals surface area contributed by atoms with E-state index in [2.05, 4.69) is 4.98 Å². The molecule has 0 unspecified atom stereocenters. The lowest BCUT2D eigenvalue weighted by Crippen LogP contribution is -2.20. The highest BCUT2D eigenvalue weighted by Gasteiger charge is 2.13. The van der Waals surface area contributed by atoms with E-state index in [-0.39, 0.29) is 12.1 Å². The van der Waals surface area contributed by atoms with E-state index >= 15 is 0 Å². The number of nitrogens with zero attached hydrogens (tertiary/aromatic N) is 3. The molecule has 1 aromatic heterocycles. The number of hydrogen-bond acceptors (Lipinski definition) is 5. The zero-order valence-electron chi connectivity index (χ0n) is 10.3. The lowest BCUT2D eigenvalue weighted by molar-refractivity contribution is -0.385. The Kier molecular flexibility index (Phi) is 4.59. The fraction of sp³-hybridized carbons (Fsp3) is 0.455. The molecule has 0 amide bonds. The van der Waals surface area contributed by atoms with Crippen molar-refractivity contribution in [2.75, 3.05) is 18.5 Å². The van der Waals surface area contributed by atoms with E-state index in [1.165, 1.54) is 6.20 Å². The lowest BCUT2D eigenvalue weighted by Gasteiger charge is -2.17. The molecule has 0 saturated heterocycles. The summed E-state index contributed by atoms with van der Waals surface area (Å²) in [7, 11) is 1.77. The number of carboxylic acid groups (broad SMARTS) is 1. The number of rotatable bonds is 6. The van der Waals surface area contributed by atoms with Crippen molar-refractivity contribution in [3.8, 4) is 0 Å². The number of aromatic nitrogens is 1. The largest absolute Gasteiger partial charge is 0.481 e. The van der Waals surface area contributed by atoms with Crippen LogP contribution in [0.25, 0.3) is 0 Å². The van der Waals surface area contributed by atoms with Gasteiger partial charge in [-0.3, -0.25) is 14.9 Å². The molecule has 0 aliphatic rings. The van der Waals surface area contributed by atoms with Gasteiger partial charge in [-0.15, -0.1) is 0 Å². The summed E-state index contributed by atoms with van der Waals surface area (Å²) in [5.41, 5.74) is 0.521. The minimum absolute atomic E-state index is 0.0160. The smallest absolute Gasteiger partial charge is 0.303 e. The van der Waals surface area contributed by atoms with Crippen LogP contribution in [-0.4, -0.2) is 34.6 Å². The average Bonchev–Trinajstić information content (AvgIpc) is 2.27. The molecule has 18 heavy (non-hydrogen) atoms. The average molecular weight is 253 g/mol. The van der Waals surface area contributed by atoms with E-state index in [0.717, 1.165) is 0 Å². The first kappa shape index (κ1) is 13.9. The van der Waals surface area contributed by atoms with E-state index in [0.29, 0.717) is 24.3 Å². The van der Waals surface area contributed by atoms with E-state index in [4.69, 9.17) is 5.11 Å². The van der Waals surface area contributed by atoms with Gasteiger partial charge in [-0.1, -0.05) is 0 Å². The van der Waals surface area contributed by atoms with Crippen molar-refractivity contribution in [1.29, 1.82) is 0 Å². The van der Waals surface area contributed by atoms with Gasteiger partial charge in [-0.25, -0.2) is 4.98 Å². The Morgan fingerprint density at radius 3 is 2.78 bits per heavy atom. The van der Waals surface area contributed by atoms with Gasteiger partial charge in [0.1, 0.15) is 12.0 Å². The van der Waals surface area contributed by atoms with Gasteiger partial charge in [-0.05, 0) is 19.4 Å². The Balaban J connectivity index is 2.69. The molecule has 1 N–H and O–H groups in total. The summed E-state index contributed by atoms with van der Waals surface area (Å²) in [6.07, 6.45) is 1.82. The Morgan fingerprint density at radius 2 is 2.28 bits per heavy atom. The van der Waals surface area contributed by atoms with Gasteiger partial charge < -0.3 is 10.0 Å². The zero-order chi connectivity index (χ0) is 13.7. The number of aryl methyl sites for hydroxylation is 1. The highest BCUT2D eigenvalue weighted by Crippen LogP contribution is 2.20. The van der Waals surface area contributed by atoms with Crippen LogP contribution in [0.15, 0.2) is 12.3 Å². The molecule has 0 bridgehead atoms. The van der Waals surface area contributed by atoms with Crippen LogP contribution in [0, 0.1) is 17.0 Å². The molecule has 0 aliphatic heterocycles. The third-order valence-electron chi connectivity index (χ3n) is 2.54. The fourth-order valence-electron chi connectivity index (χ4n) is 1.52. The molecule has 1 heterocycles. The van der Waals surface area contributed by atoms with Crippen molar-refractivity contribution in [3.05, 3.63) is 27.9 Å². The Labute approximate surface area is 104 Å². The molecule has 0 aliphatic carbocycles. The highest BCUT2D eigenvalue weighted by atomic mass is 16.6. The SMILES string of the molecule is Cc1cc(N(C)CCCC(=O)O)ncc1[N+](=O)[O-]. The topological polar surface area (TPSA) is 96.6 Å². The van der Waals surface area contributed by atoms with Crippen LogP contribution < -0.4 is 4.90 Å². The maximum atomic E-state index is 10.6. The van der Waals surface area contributed by atoms with Crippen molar-refractivity contribution in [2.45, 2.75) is 19.8 Å². The number of aliphatic carboxylic acids is 1.